The smallest absolute Gasteiger partial charge is 0.255 e. The van der Waals surface area contributed by atoms with Gasteiger partial charge in [0.15, 0.2) is 6.61 Å². The number of benzene rings is 1. The minimum Gasteiger partial charge on any atom is -0.484 e. The van der Waals surface area contributed by atoms with Gasteiger partial charge in [0.2, 0.25) is 15.9 Å². The summed E-state index contributed by atoms with van der Waals surface area (Å²) in [7, 11) is -3.67. The molecule has 1 unspecified atom stereocenters. The summed E-state index contributed by atoms with van der Waals surface area (Å²) >= 11 is 0. The van der Waals surface area contributed by atoms with Crippen LogP contribution in [-0.4, -0.2) is 54.6 Å². The summed E-state index contributed by atoms with van der Waals surface area (Å²) in [5.74, 6) is 0.141. The maximum atomic E-state index is 12.9. The van der Waals surface area contributed by atoms with Crippen molar-refractivity contribution >= 4 is 15.9 Å². The van der Waals surface area contributed by atoms with E-state index >= 15 is 0 Å². The van der Waals surface area contributed by atoms with Crippen LogP contribution in [0.15, 0.2) is 47.5 Å². The molecule has 2 heterocycles. The molecule has 1 aliphatic heterocycles. The van der Waals surface area contributed by atoms with Crippen LogP contribution in [0.1, 0.15) is 12.8 Å². The number of ether oxygens (including phenoxy) is 2. The fourth-order valence-electron chi connectivity index (χ4n) is 2.75. The van der Waals surface area contributed by atoms with Gasteiger partial charge in [-0.25, -0.2) is 8.42 Å². The first-order valence-electron chi connectivity index (χ1n) is 8.41. The first kappa shape index (κ1) is 19.1. The van der Waals surface area contributed by atoms with E-state index in [0.29, 0.717) is 24.6 Å². The number of carbonyl (C=O) groups is 1. The van der Waals surface area contributed by atoms with Crippen LogP contribution < -0.4 is 15.2 Å². The van der Waals surface area contributed by atoms with Gasteiger partial charge in [0.25, 0.3) is 5.91 Å². The maximum Gasteiger partial charge on any atom is 0.255 e. The zero-order chi connectivity index (χ0) is 19.3. The third-order valence-electron chi connectivity index (χ3n) is 4.02. The Morgan fingerprint density at radius 2 is 2.04 bits per heavy atom. The van der Waals surface area contributed by atoms with Gasteiger partial charge in [-0.1, -0.05) is 0 Å². The van der Waals surface area contributed by atoms with Gasteiger partial charge in [0.1, 0.15) is 11.9 Å². The lowest BCUT2D eigenvalue weighted by molar-refractivity contribution is -0.119. The highest BCUT2D eigenvalue weighted by atomic mass is 32.2. The van der Waals surface area contributed by atoms with E-state index in [1.807, 2.05) is 0 Å². The number of nitrogens with two attached hydrogens (primary N) is 1. The molecule has 2 aromatic rings. The van der Waals surface area contributed by atoms with Gasteiger partial charge in [0, 0.05) is 18.8 Å². The molecule has 1 aliphatic rings. The Kier molecular flexibility index (Phi) is 5.87. The molecule has 0 saturated carbocycles. The van der Waals surface area contributed by atoms with E-state index in [2.05, 4.69) is 10.2 Å². The van der Waals surface area contributed by atoms with Gasteiger partial charge < -0.3 is 15.2 Å². The molecule has 0 bridgehead atoms. The zero-order valence-corrected chi connectivity index (χ0v) is 15.3. The normalized spacial score (nSPS) is 18.0. The van der Waals surface area contributed by atoms with E-state index in [1.54, 1.807) is 18.3 Å². The van der Waals surface area contributed by atoms with E-state index < -0.39 is 15.9 Å². The van der Waals surface area contributed by atoms with Gasteiger partial charge in [-0.05, 0) is 43.2 Å². The van der Waals surface area contributed by atoms with Gasteiger partial charge in [-0.2, -0.15) is 9.40 Å². The molecule has 0 spiro atoms. The first-order chi connectivity index (χ1) is 12.9. The zero-order valence-electron chi connectivity index (χ0n) is 14.5. The Balaban J connectivity index is 1.67. The third kappa shape index (κ3) is 4.92. The number of sulfonamides is 1. The van der Waals surface area contributed by atoms with Crippen LogP contribution in [-0.2, 0) is 14.8 Å². The number of hydrogen-bond donors (Lipinski definition) is 1. The van der Waals surface area contributed by atoms with Crippen LogP contribution in [0.4, 0.5) is 0 Å². The van der Waals surface area contributed by atoms with Crippen molar-refractivity contribution in [3.05, 3.63) is 42.6 Å². The summed E-state index contributed by atoms with van der Waals surface area (Å²) in [5, 5.41) is 7.62. The topological polar surface area (TPSA) is 125 Å². The number of rotatable bonds is 7. The number of nitrogens with zero attached hydrogens (tertiary/aromatic N) is 3. The monoisotopic (exact) mass is 392 g/mol. The second-order valence-electron chi connectivity index (χ2n) is 6.03. The average molecular weight is 392 g/mol. The number of carbonyl (C=O) groups excluding carboxylic acids is 1. The van der Waals surface area contributed by atoms with Crippen LogP contribution in [0.2, 0.25) is 0 Å². The Morgan fingerprint density at radius 1 is 1.26 bits per heavy atom. The predicted octanol–water partition coefficient (Wildman–Crippen LogP) is 0.573. The molecule has 2 N–H and O–H groups in total. The Labute approximate surface area is 157 Å². The standard InChI is InChI=1S/C17H20N4O5S/c18-16(22)12-25-13-5-7-15(8-6-13)27(23,24)21-10-2-3-14(11-21)26-17-4-1-9-19-20-17/h1,4-9,14H,2-3,10-12H2,(H2,18,22). The molecule has 9 nitrogen and oxygen atoms in total. The van der Waals surface area contributed by atoms with E-state index in [9.17, 15) is 13.2 Å². The van der Waals surface area contributed by atoms with Crippen molar-refractivity contribution in [2.75, 3.05) is 19.7 Å². The fraction of sp³-hybridized carbons (Fsp3) is 0.353. The molecule has 1 saturated heterocycles. The molecule has 1 aromatic heterocycles. The lowest BCUT2D eigenvalue weighted by atomic mass is 10.1. The van der Waals surface area contributed by atoms with Crippen molar-refractivity contribution in [2.45, 2.75) is 23.8 Å². The van der Waals surface area contributed by atoms with Gasteiger partial charge in [0.05, 0.1) is 11.4 Å². The lowest BCUT2D eigenvalue weighted by Crippen LogP contribution is -2.44. The SMILES string of the molecule is NC(=O)COc1ccc(S(=O)(=O)N2CCCC(Oc3cccnn3)C2)cc1. The Hall–Kier alpha value is -2.72. The summed E-state index contributed by atoms with van der Waals surface area (Å²) in [6.45, 7) is 0.390. The van der Waals surface area contributed by atoms with E-state index in [0.717, 1.165) is 6.42 Å². The molecule has 0 aliphatic carbocycles. The highest BCUT2D eigenvalue weighted by Crippen LogP contribution is 2.24. The molecular formula is C17H20N4O5S. The highest BCUT2D eigenvalue weighted by Gasteiger charge is 2.31. The van der Waals surface area contributed by atoms with E-state index in [1.165, 1.54) is 28.6 Å². The third-order valence-corrected chi connectivity index (χ3v) is 5.90. The molecular weight excluding hydrogens is 372 g/mol. The van der Waals surface area contributed by atoms with Crippen LogP contribution >= 0.6 is 0 Å². The number of hydrogen-bond acceptors (Lipinski definition) is 7. The van der Waals surface area contributed by atoms with Crippen molar-refractivity contribution in [3.63, 3.8) is 0 Å². The molecule has 1 aromatic carbocycles. The second-order valence-corrected chi connectivity index (χ2v) is 7.97. The van der Waals surface area contributed by atoms with Crippen molar-refractivity contribution in [1.29, 1.82) is 0 Å². The molecule has 0 radical (unpaired) electrons. The number of piperidine rings is 1. The van der Waals surface area contributed by atoms with Crippen molar-refractivity contribution in [2.24, 2.45) is 5.73 Å². The molecule has 27 heavy (non-hydrogen) atoms. The minimum atomic E-state index is -3.67. The van der Waals surface area contributed by atoms with E-state index in [4.69, 9.17) is 15.2 Å². The lowest BCUT2D eigenvalue weighted by Gasteiger charge is -2.31. The quantitative estimate of drug-likeness (QED) is 0.730. The minimum absolute atomic E-state index is 0.147. The van der Waals surface area contributed by atoms with Crippen molar-refractivity contribution < 1.29 is 22.7 Å². The molecule has 3 rings (SSSR count). The number of primary amides is 1. The summed E-state index contributed by atoms with van der Waals surface area (Å²) in [6, 6.07) is 9.27. The molecule has 10 heteroatoms. The second kappa shape index (κ2) is 8.31. The van der Waals surface area contributed by atoms with Gasteiger partial charge >= 0.3 is 0 Å². The van der Waals surface area contributed by atoms with Crippen LogP contribution in [0.25, 0.3) is 0 Å². The van der Waals surface area contributed by atoms with Crippen molar-refractivity contribution in [1.82, 2.24) is 14.5 Å². The van der Waals surface area contributed by atoms with Crippen molar-refractivity contribution in [3.8, 4) is 11.6 Å². The van der Waals surface area contributed by atoms with E-state index in [-0.39, 0.29) is 24.2 Å². The van der Waals surface area contributed by atoms with Gasteiger partial charge in [-0.3, -0.25) is 4.79 Å². The first-order valence-corrected chi connectivity index (χ1v) is 9.85. The maximum absolute atomic E-state index is 12.9. The number of aromatic nitrogens is 2. The summed E-state index contributed by atoms with van der Waals surface area (Å²) in [4.78, 5) is 10.9. The largest absolute Gasteiger partial charge is 0.484 e. The highest BCUT2D eigenvalue weighted by molar-refractivity contribution is 7.89. The van der Waals surface area contributed by atoms with Crippen LogP contribution in [0.3, 0.4) is 0 Å². The predicted molar refractivity (Wildman–Crippen MR) is 95.6 cm³/mol. The summed E-state index contributed by atoms with van der Waals surface area (Å²) in [5.41, 5.74) is 5.02. The fourth-order valence-corrected chi connectivity index (χ4v) is 4.26. The Morgan fingerprint density at radius 3 is 2.70 bits per heavy atom. The molecule has 1 fully saturated rings. The van der Waals surface area contributed by atoms with Crippen LogP contribution in [0, 0.1) is 0 Å². The molecule has 1 amide bonds. The summed E-state index contributed by atoms with van der Waals surface area (Å²) in [6.07, 6.45) is 2.68. The van der Waals surface area contributed by atoms with Gasteiger partial charge in [-0.15, -0.1) is 5.10 Å². The summed E-state index contributed by atoms with van der Waals surface area (Å²) < 4.78 is 38.1. The molecule has 1 atom stereocenters. The van der Waals surface area contributed by atoms with Crippen LogP contribution in [0.5, 0.6) is 11.6 Å². The molecule has 144 valence electrons. The average Bonchev–Trinajstić information content (AvgIpc) is 2.68. The number of amides is 1. The Bertz CT molecular complexity index is 874.